The molecule has 1 fully saturated rings. The van der Waals surface area contributed by atoms with Gasteiger partial charge in [-0.05, 0) is 69.1 Å². The van der Waals surface area contributed by atoms with E-state index in [4.69, 9.17) is 0 Å². The normalized spacial score (nSPS) is 17.0. The predicted molar refractivity (Wildman–Crippen MR) is 121 cm³/mol. The Morgan fingerprint density at radius 2 is 1.86 bits per heavy atom. The lowest BCUT2D eigenvalue weighted by atomic mass is 10.1. The fourth-order valence-corrected chi connectivity index (χ4v) is 5.40. The number of hydrogen-bond donors (Lipinski definition) is 1. The van der Waals surface area contributed by atoms with E-state index in [-0.39, 0.29) is 5.91 Å². The maximum atomic E-state index is 12.2. The molecule has 0 saturated carbocycles. The molecule has 2 aliphatic heterocycles. The van der Waals surface area contributed by atoms with E-state index >= 15 is 0 Å². The second-order valence-electron chi connectivity index (χ2n) is 8.13. The molecule has 2 aromatic carbocycles. The molecule has 29 heavy (non-hydrogen) atoms. The number of fused-ring (bicyclic) bond motifs is 2. The van der Waals surface area contributed by atoms with Crippen molar-refractivity contribution in [2.45, 2.75) is 55.4 Å². The van der Waals surface area contributed by atoms with E-state index < -0.39 is 0 Å². The number of amides is 1. The zero-order valence-electron chi connectivity index (χ0n) is 17.5. The van der Waals surface area contributed by atoms with Gasteiger partial charge in [0.1, 0.15) is 0 Å². The van der Waals surface area contributed by atoms with Gasteiger partial charge in [-0.15, -0.1) is 0 Å². The van der Waals surface area contributed by atoms with Crippen LogP contribution in [0, 0.1) is 0 Å². The van der Waals surface area contributed by atoms with E-state index in [9.17, 15) is 4.79 Å². The van der Waals surface area contributed by atoms with Gasteiger partial charge in [-0.3, -0.25) is 4.79 Å². The fraction of sp³-hybridized carbons (Fsp3) is 0.458. The number of para-hydroxylation sites is 1. The highest BCUT2D eigenvalue weighted by Crippen LogP contribution is 2.49. The SMILES string of the molecule is CCCNC(=O)Cc1ccc2c(c1)N(C(C)CN1CCCC1)c1ccccc1S2. The lowest BCUT2D eigenvalue weighted by Crippen LogP contribution is -2.40. The van der Waals surface area contributed by atoms with E-state index in [0.717, 1.165) is 25.1 Å². The molecule has 1 N–H and O–H groups in total. The summed E-state index contributed by atoms with van der Waals surface area (Å²) in [7, 11) is 0. The number of carbonyl (C=O) groups is 1. The summed E-state index contributed by atoms with van der Waals surface area (Å²) in [6.07, 6.45) is 4.03. The molecule has 2 heterocycles. The lowest BCUT2D eigenvalue weighted by molar-refractivity contribution is -0.120. The summed E-state index contributed by atoms with van der Waals surface area (Å²) in [5.74, 6) is 0.104. The molecule has 154 valence electrons. The third-order valence-electron chi connectivity index (χ3n) is 5.73. The minimum atomic E-state index is 0.104. The number of nitrogens with zero attached hydrogens (tertiary/aromatic N) is 2. The Bertz CT molecular complexity index is 863. The number of nitrogens with one attached hydrogen (secondary N) is 1. The van der Waals surface area contributed by atoms with Crippen molar-refractivity contribution < 1.29 is 4.79 Å². The molecule has 1 saturated heterocycles. The maximum absolute atomic E-state index is 12.2. The molecule has 0 radical (unpaired) electrons. The molecule has 0 aromatic heterocycles. The number of carbonyl (C=O) groups excluding carboxylic acids is 1. The Kier molecular flexibility index (Phi) is 6.46. The van der Waals surface area contributed by atoms with Gasteiger partial charge in [0.05, 0.1) is 17.8 Å². The highest BCUT2D eigenvalue weighted by molar-refractivity contribution is 7.99. The minimum Gasteiger partial charge on any atom is -0.356 e. The van der Waals surface area contributed by atoms with Gasteiger partial charge < -0.3 is 15.1 Å². The molecule has 1 amide bonds. The molecule has 0 spiro atoms. The highest BCUT2D eigenvalue weighted by Gasteiger charge is 2.29. The van der Waals surface area contributed by atoms with Crippen LogP contribution < -0.4 is 10.2 Å². The summed E-state index contributed by atoms with van der Waals surface area (Å²) in [4.78, 5) is 19.9. The third kappa shape index (κ3) is 4.62. The predicted octanol–water partition coefficient (Wildman–Crippen LogP) is 4.84. The van der Waals surface area contributed by atoms with Crippen LogP contribution in [0.15, 0.2) is 52.3 Å². The van der Waals surface area contributed by atoms with Crippen LogP contribution in [0.25, 0.3) is 0 Å². The Morgan fingerprint density at radius 3 is 2.66 bits per heavy atom. The molecule has 2 aliphatic rings. The Hall–Kier alpha value is -1.98. The molecule has 1 unspecified atom stereocenters. The maximum Gasteiger partial charge on any atom is 0.224 e. The molecule has 0 aliphatic carbocycles. The minimum absolute atomic E-state index is 0.104. The summed E-state index contributed by atoms with van der Waals surface area (Å²) in [6.45, 7) is 8.63. The number of anilines is 2. The molecule has 0 bridgehead atoms. The van der Waals surface area contributed by atoms with Gasteiger partial charge in [0.25, 0.3) is 0 Å². The topological polar surface area (TPSA) is 35.6 Å². The average Bonchev–Trinajstić information content (AvgIpc) is 3.23. The zero-order chi connectivity index (χ0) is 20.2. The molecule has 2 aromatic rings. The number of hydrogen-bond acceptors (Lipinski definition) is 4. The molecule has 4 rings (SSSR count). The van der Waals surface area contributed by atoms with Crippen molar-refractivity contribution in [3.8, 4) is 0 Å². The Morgan fingerprint density at radius 1 is 1.10 bits per heavy atom. The highest BCUT2D eigenvalue weighted by atomic mass is 32.2. The summed E-state index contributed by atoms with van der Waals surface area (Å²) in [5.41, 5.74) is 3.60. The largest absolute Gasteiger partial charge is 0.356 e. The van der Waals surface area contributed by atoms with Crippen LogP contribution in [0.1, 0.15) is 38.7 Å². The number of rotatable bonds is 7. The molecular formula is C24H31N3OS. The zero-order valence-corrected chi connectivity index (χ0v) is 18.3. The van der Waals surface area contributed by atoms with Gasteiger partial charge in [0.15, 0.2) is 0 Å². The number of benzene rings is 2. The first-order chi connectivity index (χ1) is 14.2. The van der Waals surface area contributed by atoms with E-state index in [1.54, 1.807) is 0 Å². The van der Waals surface area contributed by atoms with Crippen LogP contribution in [-0.2, 0) is 11.2 Å². The summed E-state index contributed by atoms with van der Waals surface area (Å²) in [6, 6.07) is 15.6. The van der Waals surface area contributed by atoms with E-state index in [1.807, 2.05) is 11.8 Å². The first-order valence-electron chi connectivity index (χ1n) is 10.8. The van der Waals surface area contributed by atoms with Gasteiger partial charge in [-0.25, -0.2) is 0 Å². The van der Waals surface area contributed by atoms with Crippen LogP contribution in [0.4, 0.5) is 11.4 Å². The molecule has 5 heteroatoms. The lowest BCUT2D eigenvalue weighted by Gasteiger charge is -2.39. The smallest absolute Gasteiger partial charge is 0.224 e. The second kappa shape index (κ2) is 9.23. The van der Waals surface area contributed by atoms with Crippen LogP contribution in [0.2, 0.25) is 0 Å². The Labute approximate surface area is 178 Å². The van der Waals surface area contributed by atoms with Gasteiger partial charge >= 0.3 is 0 Å². The number of likely N-dealkylation sites (tertiary alicyclic amines) is 1. The van der Waals surface area contributed by atoms with Crippen molar-refractivity contribution >= 4 is 29.0 Å². The standard InChI is InChI=1S/C24H31N3OS/c1-3-12-25-24(28)16-19-10-11-23-21(15-19)27(18(2)17-26-13-6-7-14-26)20-8-4-5-9-22(20)29-23/h4-5,8-11,15,18H,3,6-7,12-14,16-17H2,1-2H3,(H,25,28). The van der Waals surface area contributed by atoms with Crippen molar-refractivity contribution in [3.63, 3.8) is 0 Å². The van der Waals surface area contributed by atoms with Crippen LogP contribution in [0.3, 0.4) is 0 Å². The van der Waals surface area contributed by atoms with Gasteiger partial charge in [-0.1, -0.05) is 36.9 Å². The Balaban J connectivity index is 1.62. The third-order valence-corrected chi connectivity index (χ3v) is 6.86. The van der Waals surface area contributed by atoms with Crippen LogP contribution in [-0.4, -0.2) is 43.0 Å². The van der Waals surface area contributed by atoms with Crippen LogP contribution >= 0.6 is 11.8 Å². The van der Waals surface area contributed by atoms with E-state index in [0.29, 0.717) is 12.5 Å². The summed E-state index contributed by atoms with van der Waals surface area (Å²) >= 11 is 1.83. The van der Waals surface area contributed by atoms with Crippen LogP contribution in [0.5, 0.6) is 0 Å². The van der Waals surface area contributed by atoms with Crippen molar-refractivity contribution in [3.05, 3.63) is 48.0 Å². The first-order valence-corrected chi connectivity index (χ1v) is 11.7. The first kappa shape index (κ1) is 20.3. The quantitative estimate of drug-likeness (QED) is 0.710. The van der Waals surface area contributed by atoms with Gasteiger partial charge in [0, 0.05) is 28.9 Å². The van der Waals surface area contributed by atoms with Gasteiger partial charge in [0.2, 0.25) is 5.91 Å². The fourth-order valence-electron chi connectivity index (χ4n) is 4.35. The molecule has 4 nitrogen and oxygen atoms in total. The molecule has 1 atom stereocenters. The van der Waals surface area contributed by atoms with E-state index in [2.05, 4.69) is 71.4 Å². The molecular weight excluding hydrogens is 378 g/mol. The monoisotopic (exact) mass is 409 g/mol. The summed E-state index contributed by atoms with van der Waals surface area (Å²) in [5, 5.41) is 2.99. The van der Waals surface area contributed by atoms with Crippen molar-refractivity contribution in [1.82, 2.24) is 10.2 Å². The van der Waals surface area contributed by atoms with Crippen molar-refractivity contribution in [2.75, 3.05) is 31.1 Å². The average molecular weight is 410 g/mol. The van der Waals surface area contributed by atoms with Gasteiger partial charge in [-0.2, -0.15) is 0 Å². The van der Waals surface area contributed by atoms with Crippen molar-refractivity contribution in [1.29, 1.82) is 0 Å². The van der Waals surface area contributed by atoms with E-state index in [1.165, 1.54) is 47.1 Å². The van der Waals surface area contributed by atoms with Crippen molar-refractivity contribution in [2.24, 2.45) is 0 Å². The second-order valence-corrected chi connectivity index (χ2v) is 9.21. The summed E-state index contributed by atoms with van der Waals surface area (Å²) < 4.78 is 0.